The first-order valence-corrected chi connectivity index (χ1v) is 12.6. The molecule has 1 heterocycles. The summed E-state index contributed by atoms with van der Waals surface area (Å²) >= 11 is 1.35. The number of H-pyrrole nitrogens is 1. The molecular formula is C19H28N2O4SSi. The molecular weight excluding hydrogens is 380 g/mol. The van der Waals surface area contributed by atoms with Crippen molar-refractivity contribution in [3.63, 3.8) is 0 Å². The Morgan fingerprint density at radius 3 is 2.41 bits per heavy atom. The van der Waals surface area contributed by atoms with Gasteiger partial charge in [0.25, 0.3) is 5.56 Å². The second kappa shape index (κ2) is 9.05. The summed E-state index contributed by atoms with van der Waals surface area (Å²) in [7, 11) is -1.81. The molecule has 8 heteroatoms. The predicted octanol–water partition coefficient (Wildman–Crippen LogP) is 3.68. The van der Waals surface area contributed by atoms with Crippen LogP contribution in [-0.4, -0.2) is 31.1 Å². The Hall–Kier alpha value is -1.61. The molecule has 148 valence electrons. The molecule has 0 amide bonds. The van der Waals surface area contributed by atoms with Gasteiger partial charge in [0.15, 0.2) is 8.32 Å². The van der Waals surface area contributed by atoms with Crippen LogP contribution in [0.5, 0.6) is 0 Å². The lowest BCUT2D eigenvalue weighted by Gasteiger charge is -2.36. The Kier molecular flexibility index (Phi) is 7.27. The average Bonchev–Trinajstić information content (AvgIpc) is 2.56. The fourth-order valence-corrected chi connectivity index (χ4v) is 4.02. The fourth-order valence-electron chi connectivity index (χ4n) is 2.04. The zero-order valence-electron chi connectivity index (χ0n) is 16.6. The van der Waals surface area contributed by atoms with Crippen LogP contribution in [0.25, 0.3) is 0 Å². The molecule has 1 aromatic heterocycles. The lowest BCUT2D eigenvalue weighted by atomic mass is 10.2. The molecule has 2 aromatic rings. The van der Waals surface area contributed by atoms with E-state index < -0.39 is 19.6 Å². The summed E-state index contributed by atoms with van der Waals surface area (Å²) in [5.74, 6) is 0. The maximum Gasteiger partial charge on any atom is 0.331 e. The third kappa shape index (κ3) is 6.20. The van der Waals surface area contributed by atoms with Crippen LogP contribution in [0.15, 0.2) is 55.9 Å². The van der Waals surface area contributed by atoms with Crippen LogP contribution in [0.1, 0.15) is 20.8 Å². The monoisotopic (exact) mass is 408 g/mol. The Morgan fingerprint density at radius 2 is 1.78 bits per heavy atom. The average molecular weight is 409 g/mol. The van der Waals surface area contributed by atoms with Crippen LogP contribution < -0.4 is 11.2 Å². The largest absolute Gasteiger partial charge is 0.414 e. The number of hydrogen-bond donors (Lipinski definition) is 1. The molecule has 0 aliphatic carbocycles. The Balaban J connectivity index is 2.00. The Labute approximate surface area is 165 Å². The summed E-state index contributed by atoms with van der Waals surface area (Å²) in [4.78, 5) is 27.1. The van der Waals surface area contributed by atoms with Gasteiger partial charge in [0.1, 0.15) is 6.73 Å². The zero-order valence-corrected chi connectivity index (χ0v) is 18.4. The second-order valence-corrected chi connectivity index (χ2v) is 13.7. The van der Waals surface area contributed by atoms with E-state index in [4.69, 9.17) is 9.16 Å². The van der Waals surface area contributed by atoms with Crippen molar-refractivity contribution in [3.8, 4) is 0 Å². The number of nitrogens with zero attached hydrogens (tertiary/aromatic N) is 1. The normalized spacial score (nSPS) is 12.3. The first-order chi connectivity index (χ1) is 12.6. The number of hydrogen-bond acceptors (Lipinski definition) is 5. The molecule has 0 aliphatic heterocycles. The van der Waals surface area contributed by atoms with E-state index in [1.165, 1.54) is 22.4 Å². The highest BCUT2D eigenvalue weighted by Gasteiger charge is 2.36. The topological polar surface area (TPSA) is 73.3 Å². The van der Waals surface area contributed by atoms with Gasteiger partial charge in [-0.2, -0.15) is 0 Å². The highest BCUT2D eigenvalue weighted by Crippen LogP contribution is 2.36. The lowest BCUT2D eigenvalue weighted by molar-refractivity contribution is 0.0438. The first kappa shape index (κ1) is 21.7. The molecule has 1 aromatic carbocycles. The SMILES string of the molecule is CC(C)(C)[Si](C)(C)OCCOCn1c(Sc2ccccc2)cc(=O)[nH]c1=O. The van der Waals surface area contributed by atoms with Crippen LogP contribution in [0, 0.1) is 0 Å². The van der Waals surface area contributed by atoms with Crippen molar-refractivity contribution in [1.82, 2.24) is 9.55 Å². The highest BCUT2D eigenvalue weighted by atomic mass is 32.2. The summed E-state index contributed by atoms with van der Waals surface area (Å²) in [6.45, 7) is 11.9. The maximum atomic E-state index is 12.2. The van der Waals surface area contributed by atoms with Gasteiger partial charge in [0, 0.05) is 11.0 Å². The molecule has 2 rings (SSSR count). The maximum absolute atomic E-state index is 12.2. The minimum absolute atomic E-state index is 0.0612. The van der Waals surface area contributed by atoms with Gasteiger partial charge in [-0.05, 0) is 30.3 Å². The Morgan fingerprint density at radius 1 is 1.11 bits per heavy atom. The molecule has 1 N–H and O–H groups in total. The fraction of sp³-hybridized carbons (Fsp3) is 0.474. The van der Waals surface area contributed by atoms with E-state index in [0.717, 1.165) is 4.90 Å². The van der Waals surface area contributed by atoms with Crippen molar-refractivity contribution in [3.05, 3.63) is 57.2 Å². The van der Waals surface area contributed by atoms with Gasteiger partial charge in [0.2, 0.25) is 0 Å². The van der Waals surface area contributed by atoms with Crippen molar-refractivity contribution in [2.24, 2.45) is 0 Å². The number of aromatic amines is 1. The molecule has 0 bridgehead atoms. The van der Waals surface area contributed by atoms with Crippen LogP contribution in [0.2, 0.25) is 18.1 Å². The molecule has 0 fully saturated rings. The van der Waals surface area contributed by atoms with E-state index in [9.17, 15) is 9.59 Å². The predicted molar refractivity (Wildman–Crippen MR) is 111 cm³/mol. The van der Waals surface area contributed by atoms with Crippen molar-refractivity contribution in [2.45, 2.75) is 55.6 Å². The minimum atomic E-state index is -1.81. The van der Waals surface area contributed by atoms with Gasteiger partial charge in [-0.15, -0.1) is 0 Å². The molecule has 0 aliphatic rings. The smallest absolute Gasteiger partial charge is 0.331 e. The van der Waals surface area contributed by atoms with Crippen LogP contribution in [0.3, 0.4) is 0 Å². The molecule has 0 saturated carbocycles. The molecule has 0 saturated heterocycles. The number of aromatic nitrogens is 2. The first-order valence-electron chi connectivity index (χ1n) is 8.89. The van der Waals surface area contributed by atoms with Crippen molar-refractivity contribution >= 4 is 20.1 Å². The number of ether oxygens (including phenoxy) is 1. The van der Waals surface area contributed by atoms with Crippen molar-refractivity contribution < 1.29 is 9.16 Å². The minimum Gasteiger partial charge on any atom is -0.414 e. The summed E-state index contributed by atoms with van der Waals surface area (Å²) in [6.07, 6.45) is 0. The third-order valence-corrected chi connectivity index (χ3v) is 10.3. The van der Waals surface area contributed by atoms with Gasteiger partial charge in [-0.25, -0.2) is 4.79 Å². The summed E-state index contributed by atoms with van der Waals surface area (Å²) < 4.78 is 13.1. The summed E-state index contributed by atoms with van der Waals surface area (Å²) in [5.41, 5.74) is -0.901. The Bertz CT molecular complexity index is 856. The number of nitrogens with one attached hydrogen (secondary N) is 1. The van der Waals surface area contributed by atoms with E-state index in [0.29, 0.717) is 18.2 Å². The van der Waals surface area contributed by atoms with E-state index in [1.54, 1.807) is 0 Å². The van der Waals surface area contributed by atoms with Crippen molar-refractivity contribution in [2.75, 3.05) is 13.2 Å². The molecule has 27 heavy (non-hydrogen) atoms. The molecule has 0 unspecified atom stereocenters. The van der Waals surface area contributed by atoms with Gasteiger partial charge >= 0.3 is 5.69 Å². The zero-order chi connectivity index (χ0) is 20.1. The van der Waals surface area contributed by atoms with Gasteiger partial charge in [-0.3, -0.25) is 14.3 Å². The van der Waals surface area contributed by atoms with Gasteiger partial charge in [0.05, 0.1) is 18.2 Å². The lowest BCUT2D eigenvalue weighted by Crippen LogP contribution is -2.41. The number of benzene rings is 1. The molecule has 0 radical (unpaired) electrons. The van der Waals surface area contributed by atoms with Gasteiger partial charge in [-0.1, -0.05) is 50.7 Å². The number of rotatable bonds is 8. The van der Waals surface area contributed by atoms with E-state index in [1.807, 2.05) is 30.3 Å². The second-order valence-electron chi connectivity index (χ2n) is 7.77. The quantitative estimate of drug-likeness (QED) is 0.410. The standard InChI is InChI=1S/C19H28N2O4SSi/c1-19(2,3)27(4,5)25-12-11-24-14-21-17(13-16(22)20-18(21)23)26-15-9-7-6-8-10-15/h6-10,13H,11-12,14H2,1-5H3,(H,20,22,23). The molecule has 0 spiro atoms. The van der Waals surface area contributed by atoms with Crippen LogP contribution in [-0.2, 0) is 15.9 Å². The van der Waals surface area contributed by atoms with E-state index in [-0.39, 0.29) is 11.8 Å². The van der Waals surface area contributed by atoms with Gasteiger partial charge < -0.3 is 9.16 Å². The van der Waals surface area contributed by atoms with Crippen LogP contribution in [0.4, 0.5) is 0 Å². The third-order valence-electron chi connectivity index (χ3n) is 4.68. The molecule has 6 nitrogen and oxygen atoms in total. The molecule has 0 atom stereocenters. The van der Waals surface area contributed by atoms with E-state index in [2.05, 4.69) is 38.8 Å². The van der Waals surface area contributed by atoms with Crippen LogP contribution >= 0.6 is 11.8 Å². The van der Waals surface area contributed by atoms with Crippen molar-refractivity contribution in [1.29, 1.82) is 0 Å². The van der Waals surface area contributed by atoms with E-state index >= 15 is 0 Å². The summed E-state index contributed by atoms with van der Waals surface area (Å²) in [6, 6.07) is 11.0. The summed E-state index contributed by atoms with van der Waals surface area (Å²) in [5, 5.41) is 0.683. The highest BCUT2D eigenvalue weighted by molar-refractivity contribution is 7.99.